The van der Waals surface area contributed by atoms with E-state index in [4.69, 9.17) is 4.74 Å². The molecule has 1 N–H and O–H groups in total. The molecule has 0 atom stereocenters. The average molecular weight is 340 g/mol. The summed E-state index contributed by atoms with van der Waals surface area (Å²) in [6.07, 6.45) is 2.64. The van der Waals surface area contributed by atoms with Crippen LogP contribution in [-0.2, 0) is 11.3 Å². The topological polar surface area (TPSA) is 53.0 Å². The van der Waals surface area contributed by atoms with Gasteiger partial charge in [0.25, 0.3) is 0 Å². The summed E-state index contributed by atoms with van der Waals surface area (Å²) >= 11 is 1.69. The molecule has 0 spiro atoms. The first-order valence-corrected chi connectivity index (χ1v) is 9.07. The number of nitrogens with one attached hydrogen (secondary N) is 1. The third kappa shape index (κ3) is 6.08. The summed E-state index contributed by atoms with van der Waals surface area (Å²) < 4.78 is 5.21. The number of aromatic nitrogens is 1. The third-order valence-electron chi connectivity index (χ3n) is 3.97. The van der Waals surface area contributed by atoms with Gasteiger partial charge in [-0.25, -0.2) is 4.98 Å². The Balaban J connectivity index is 1.75. The van der Waals surface area contributed by atoms with Crippen LogP contribution in [0.1, 0.15) is 23.5 Å². The molecule has 1 fully saturated rings. The van der Waals surface area contributed by atoms with Crippen molar-refractivity contribution in [1.82, 2.24) is 20.1 Å². The molecule has 1 aromatic rings. The van der Waals surface area contributed by atoms with E-state index in [1.807, 2.05) is 21.0 Å². The molecular weight excluding hydrogens is 310 g/mol. The number of ether oxygens (including phenoxy) is 1. The molecule has 0 radical (unpaired) electrons. The maximum atomic E-state index is 5.21. The minimum absolute atomic E-state index is 0.754. The second-order valence-corrected chi connectivity index (χ2v) is 7.01. The number of nitrogens with zero attached hydrogens (tertiary/aromatic N) is 4. The van der Waals surface area contributed by atoms with E-state index in [0.717, 1.165) is 55.5 Å². The van der Waals surface area contributed by atoms with Crippen molar-refractivity contribution in [3.05, 3.63) is 16.1 Å². The fraction of sp³-hybridized carbons (Fsp3) is 0.750. The largest absolute Gasteiger partial charge is 0.383 e. The highest BCUT2D eigenvalue weighted by Crippen LogP contribution is 2.25. The first-order valence-electron chi connectivity index (χ1n) is 8.19. The molecular formula is C16H29N5OS. The fourth-order valence-electron chi connectivity index (χ4n) is 2.62. The first-order chi connectivity index (χ1) is 11.1. The molecule has 0 saturated heterocycles. The van der Waals surface area contributed by atoms with E-state index in [2.05, 4.69) is 30.5 Å². The summed E-state index contributed by atoms with van der Waals surface area (Å²) in [6, 6.07) is 0.754. The van der Waals surface area contributed by atoms with Crippen LogP contribution >= 0.6 is 11.3 Å². The highest BCUT2D eigenvalue weighted by molar-refractivity contribution is 7.09. The smallest absolute Gasteiger partial charge is 0.193 e. The SMILES string of the molecule is CN=C(NCCN(CCOC)C1CC1)N(C)Cc1csc(C)n1. The minimum atomic E-state index is 0.754. The van der Waals surface area contributed by atoms with Crippen LogP contribution in [0.5, 0.6) is 0 Å². The predicted molar refractivity (Wildman–Crippen MR) is 96.2 cm³/mol. The van der Waals surface area contributed by atoms with E-state index in [0.29, 0.717) is 0 Å². The lowest BCUT2D eigenvalue weighted by atomic mass is 10.4. The zero-order valence-corrected chi connectivity index (χ0v) is 15.5. The quantitative estimate of drug-likeness (QED) is 0.547. The fourth-order valence-corrected chi connectivity index (χ4v) is 3.22. The molecule has 23 heavy (non-hydrogen) atoms. The van der Waals surface area contributed by atoms with Gasteiger partial charge in [-0.05, 0) is 19.8 Å². The van der Waals surface area contributed by atoms with Gasteiger partial charge in [-0.3, -0.25) is 9.89 Å². The molecule has 1 aromatic heterocycles. The van der Waals surface area contributed by atoms with Crippen molar-refractivity contribution in [2.45, 2.75) is 32.4 Å². The van der Waals surface area contributed by atoms with Crippen LogP contribution in [0, 0.1) is 6.92 Å². The Bertz CT molecular complexity index is 500. The Morgan fingerprint density at radius 3 is 2.83 bits per heavy atom. The zero-order chi connectivity index (χ0) is 16.7. The Hall–Kier alpha value is -1.18. The molecule has 0 aliphatic heterocycles. The molecule has 7 heteroatoms. The molecule has 1 aliphatic rings. The molecule has 130 valence electrons. The highest BCUT2D eigenvalue weighted by atomic mass is 32.1. The average Bonchev–Trinajstić information content (AvgIpc) is 3.30. The standard InChI is InChI=1S/C16H29N5OS/c1-13-19-14(12-23-13)11-20(3)16(17-2)18-7-8-21(9-10-22-4)15-5-6-15/h12,15H,5-11H2,1-4H3,(H,17,18). The molecule has 2 rings (SSSR count). The first kappa shape index (κ1) is 18.2. The molecule has 1 saturated carbocycles. The second-order valence-electron chi connectivity index (χ2n) is 5.95. The van der Waals surface area contributed by atoms with Gasteiger partial charge in [0.1, 0.15) is 0 Å². The molecule has 0 amide bonds. The van der Waals surface area contributed by atoms with Crippen molar-refractivity contribution in [3.63, 3.8) is 0 Å². The minimum Gasteiger partial charge on any atom is -0.383 e. The number of rotatable bonds is 9. The Labute approximate surface area is 143 Å². The summed E-state index contributed by atoms with van der Waals surface area (Å²) in [4.78, 5) is 13.5. The van der Waals surface area contributed by atoms with Gasteiger partial charge in [-0.2, -0.15) is 0 Å². The normalized spacial score (nSPS) is 15.3. The number of thiazole rings is 1. The number of methoxy groups -OCH3 is 1. The van der Waals surface area contributed by atoms with Crippen molar-refractivity contribution in [2.75, 3.05) is 47.4 Å². The Kier molecular flexibility index (Phi) is 7.26. The van der Waals surface area contributed by atoms with Crippen LogP contribution in [0.25, 0.3) is 0 Å². The number of hydrogen-bond donors (Lipinski definition) is 1. The summed E-state index contributed by atoms with van der Waals surface area (Å²) in [5.41, 5.74) is 1.10. The van der Waals surface area contributed by atoms with Gasteiger partial charge in [0, 0.05) is 52.3 Å². The van der Waals surface area contributed by atoms with Gasteiger partial charge < -0.3 is 15.0 Å². The maximum Gasteiger partial charge on any atom is 0.193 e. The van der Waals surface area contributed by atoms with E-state index >= 15 is 0 Å². The van der Waals surface area contributed by atoms with Crippen molar-refractivity contribution in [2.24, 2.45) is 4.99 Å². The zero-order valence-electron chi connectivity index (χ0n) is 14.7. The van der Waals surface area contributed by atoms with E-state index < -0.39 is 0 Å². The Morgan fingerprint density at radius 1 is 1.48 bits per heavy atom. The molecule has 1 aliphatic carbocycles. The van der Waals surface area contributed by atoms with E-state index in [9.17, 15) is 0 Å². The molecule has 0 aromatic carbocycles. The molecule has 1 heterocycles. The van der Waals surface area contributed by atoms with Crippen molar-refractivity contribution < 1.29 is 4.74 Å². The molecule has 0 unspecified atom stereocenters. The van der Waals surface area contributed by atoms with Crippen LogP contribution in [0.4, 0.5) is 0 Å². The Morgan fingerprint density at radius 2 is 2.26 bits per heavy atom. The third-order valence-corrected chi connectivity index (χ3v) is 4.79. The van der Waals surface area contributed by atoms with Crippen LogP contribution in [0.3, 0.4) is 0 Å². The summed E-state index contributed by atoms with van der Waals surface area (Å²) in [6.45, 7) is 6.54. The van der Waals surface area contributed by atoms with Gasteiger partial charge in [0.2, 0.25) is 0 Å². The van der Waals surface area contributed by atoms with Crippen LogP contribution < -0.4 is 5.32 Å². The highest BCUT2D eigenvalue weighted by Gasteiger charge is 2.28. The van der Waals surface area contributed by atoms with Gasteiger partial charge in [-0.1, -0.05) is 0 Å². The van der Waals surface area contributed by atoms with Crippen molar-refractivity contribution >= 4 is 17.3 Å². The summed E-state index contributed by atoms with van der Waals surface area (Å²) in [5, 5.41) is 6.67. The summed E-state index contributed by atoms with van der Waals surface area (Å²) in [7, 11) is 5.64. The lowest BCUT2D eigenvalue weighted by Gasteiger charge is -2.25. The van der Waals surface area contributed by atoms with E-state index in [-0.39, 0.29) is 0 Å². The van der Waals surface area contributed by atoms with Crippen LogP contribution in [0.15, 0.2) is 10.4 Å². The van der Waals surface area contributed by atoms with Gasteiger partial charge >= 0.3 is 0 Å². The molecule has 0 bridgehead atoms. The lowest BCUT2D eigenvalue weighted by Crippen LogP contribution is -2.43. The van der Waals surface area contributed by atoms with Crippen LogP contribution in [-0.4, -0.2) is 74.2 Å². The lowest BCUT2D eigenvalue weighted by molar-refractivity contribution is 0.144. The van der Waals surface area contributed by atoms with Crippen molar-refractivity contribution in [1.29, 1.82) is 0 Å². The number of guanidine groups is 1. The monoisotopic (exact) mass is 339 g/mol. The van der Waals surface area contributed by atoms with Gasteiger partial charge in [0.05, 0.1) is 23.9 Å². The predicted octanol–water partition coefficient (Wildman–Crippen LogP) is 1.57. The summed E-state index contributed by atoms with van der Waals surface area (Å²) in [5.74, 6) is 0.915. The van der Waals surface area contributed by atoms with Gasteiger partial charge in [-0.15, -0.1) is 11.3 Å². The number of aryl methyl sites for hydroxylation is 1. The number of hydrogen-bond acceptors (Lipinski definition) is 5. The van der Waals surface area contributed by atoms with E-state index in [1.54, 1.807) is 18.4 Å². The number of aliphatic imine (C=N–C) groups is 1. The van der Waals surface area contributed by atoms with Crippen molar-refractivity contribution in [3.8, 4) is 0 Å². The van der Waals surface area contributed by atoms with E-state index in [1.165, 1.54) is 12.8 Å². The molecule has 6 nitrogen and oxygen atoms in total. The maximum absolute atomic E-state index is 5.21. The van der Waals surface area contributed by atoms with Crippen LogP contribution in [0.2, 0.25) is 0 Å². The second kappa shape index (κ2) is 9.20. The van der Waals surface area contributed by atoms with Gasteiger partial charge in [0.15, 0.2) is 5.96 Å².